The lowest BCUT2D eigenvalue weighted by molar-refractivity contribution is -0.288. The summed E-state index contributed by atoms with van der Waals surface area (Å²) < 4.78 is 131. The highest BCUT2D eigenvalue weighted by Gasteiger charge is 2.72. The van der Waals surface area contributed by atoms with E-state index in [1.807, 2.05) is 31.2 Å². The van der Waals surface area contributed by atoms with Crippen molar-refractivity contribution < 1.29 is 39.5 Å². The molecule has 54 heavy (non-hydrogen) atoms. The number of nitrogens with zero attached hydrogens (tertiary/aromatic N) is 4. The van der Waals surface area contributed by atoms with E-state index in [9.17, 15) is 13.2 Å². The second-order valence-electron chi connectivity index (χ2n) is 12.9. The van der Waals surface area contributed by atoms with Gasteiger partial charge in [0, 0.05) is 38.4 Å². The van der Waals surface area contributed by atoms with Crippen LogP contribution in [0.25, 0.3) is 66.1 Å². The van der Waals surface area contributed by atoms with Crippen LogP contribution < -0.4 is 0 Å². The Morgan fingerprint density at radius 3 is 1.13 bits per heavy atom. The van der Waals surface area contributed by atoms with E-state index in [1.165, 1.54) is 30.3 Å². The van der Waals surface area contributed by atoms with Gasteiger partial charge in [0.2, 0.25) is 5.41 Å². The quantitative estimate of drug-likeness (QED) is 0.133. The van der Waals surface area contributed by atoms with Crippen molar-refractivity contribution in [2.45, 2.75) is 30.9 Å². The first kappa shape index (κ1) is 34.9. The molecule has 0 amide bonds. The van der Waals surface area contributed by atoms with Crippen LogP contribution in [0.5, 0.6) is 0 Å². The number of halogens is 9. The number of aryl methyl sites for hydroxylation is 1. The van der Waals surface area contributed by atoms with Crippen molar-refractivity contribution >= 4 is 43.6 Å². The van der Waals surface area contributed by atoms with Crippen molar-refractivity contribution in [3.63, 3.8) is 0 Å². The first-order valence-corrected chi connectivity index (χ1v) is 16.3. The smallest absolute Gasteiger partial charge is 0.251 e. The lowest BCUT2D eigenvalue weighted by Gasteiger charge is -2.38. The summed E-state index contributed by atoms with van der Waals surface area (Å²) in [5.74, 6) is 0. The Bertz CT molecular complexity index is 2720. The molecule has 0 atom stereocenters. The minimum atomic E-state index is -5.83. The molecule has 0 saturated heterocycles. The van der Waals surface area contributed by atoms with Gasteiger partial charge in [-0.25, -0.2) is 15.0 Å². The van der Waals surface area contributed by atoms with Crippen LogP contribution in [-0.2, 0) is 11.6 Å². The standard InChI is InChI=1S/C41H23F9N4/c1-22-2-3-25-4-5-26-12-19-31(52-35(26)34(25)51-22)23-8-15-29(16-9-23)38(40(45,46)47,41(48,49)50)30-17-10-24(11-18-30)32-20-13-27-6-7-28-14-21-33(39(42,43)44)54-37(28)36(27)53-32/h2-21H,1H3. The molecule has 0 aliphatic rings. The molecule has 4 aromatic heterocycles. The Morgan fingerprint density at radius 2 is 0.722 bits per heavy atom. The van der Waals surface area contributed by atoms with E-state index < -0.39 is 40.8 Å². The van der Waals surface area contributed by atoms with Gasteiger partial charge in [0.15, 0.2) is 0 Å². The number of benzene rings is 4. The van der Waals surface area contributed by atoms with E-state index in [-0.39, 0.29) is 22.3 Å². The van der Waals surface area contributed by atoms with Crippen LogP contribution in [0.3, 0.4) is 0 Å². The van der Waals surface area contributed by atoms with Crippen LogP contribution in [0.4, 0.5) is 39.5 Å². The second kappa shape index (κ2) is 12.2. The molecule has 0 aliphatic carbocycles. The first-order valence-electron chi connectivity index (χ1n) is 16.3. The molecule has 0 unspecified atom stereocenters. The molecule has 0 saturated carbocycles. The van der Waals surface area contributed by atoms with Crippen molar-refractivity contribution in [2.75, 3.05) is 0 Å². The number of fused-ring (bicyclic) bond motifs is 6. The molecule has 0 spiro atoms. The van der Waals surface area contributed by atoms with Gasteiger partial charge >= 0.3 is 18.5 Å². The normalized spacial score (nSPS) is 13.0. The number of hydrogen-bond acceptors (Lipinski definition) is 4. The molecule has 8 rings (SSSR count). The van der Waals surface area contributed by atoms with Crippen LogP contribution in [0.15, 0.2) is 121 Å². The Labute approximate surface area is 300 Å². The lowest BCUT2D eigenvalue weighted by atomic mass is 9.72. The summed E-state index contributed by atoms with van der Waals surface area (Å²) in [6, 6.07) is 26.7. The van der Waals surface area contributed by atoms with Gasteiger partial charge in [0.1, 0.15) is 5.69 Å². The van der Waals surface area contributed by atoms with Crippen LogP contribution in [0.2, 0.25) is 0 Å². The third-order valence-electron chi connectivity index (χ3n) is 9.55. The third-order valence-corrected chi connectivity index (χ3v) is 9.55. The van der Waals surface area contributed by atoms with E-state index in [1.54, 1.807) is 24.3 Å². The Kier molecular flexibility index (Phi) is 7.91. The maximum absolute atomic E-state index is 15.0. The minimum absolute atomic E-state index is 0.0589. The molecule has 13 heteroatoms. The van der Waals surface area contributed by atoms with Gasteiger partial charge in [0.05, 0.1) is 33.5 Å². The average molecular weight is 743 g/mol. The van der Waals surface area contributed by atoms with Crippen molar-refractivity contribution in [3.05, 3.63) is 144 Å². The van der Waals surface area contributed by atoms with Crippen LogP contribution in [-0.4, -0.2) is 32.3 Å². The molecule has 0 bridgehead atoms. The van der Waals surface area contributed by atoms with Gasteiger partial charge in [-0.3, -0.25) is 4.98 Å². The molecule has 4 aromatic carbocycles. The molecule has 4 heterocycles. The van der Waals surface area contributed by atoms with Crippen molar-refractivity contribution in [1.29, 1.82) is 0 Å². The fraction of sp³-hybridized carbons (Fsp3) is 0.122. The second-order valence-corrected chi connectivity index (χ2v) is 12.9. The van der Waals surface area contributed by atoms with Gasteiger partial charge in [-0.1, -0.05) is 97.1 Å². The summed E-state index contributed by atoms with van der Waals surface area (Å²) in [6.07, 6.45) is -16.4. The number of pyridine rings is 4. The van der Waals surface area contributed by atoms with Crippen molar-refractivity contribution in [1.82, 2.24) is 19.9 Å². The topological polar surface area (TPSA) is 51.6 Å². The predicted octanol–water partition coefficient (Wildman–Crippen LogP) is 12.0. The average Bonchev–Trinajstić information content (AvgIpc) is 3.13. The summed E-state index contributed by atoms with van der Waals surface area (Å²) in [5, 5.41) is 2.38. The first-order chi connectivity index (χ1) is 25.5. The minimum Gasteiger partial charge on any atom is -0.251 e. The highest BCUT2D eigenvalue weighted by molar-refractivity contribution is 6.04. The maximum atomic E-state index is 15.0. The fourth-order valence-corrected chi connectivity index (χ4v) is 6.88. The molecule has 0 fully saturated rings. The monoisotopic (exact) mass is 742 g/mol. The number of aromatic nitrogens is 4. The van der Waals surface area contributed by atoms with Gasteiger partial charge in [0.25, 0.3) is 0 Å². The molecule has 270 valence electrons. The maximum Gasteiger partial charge on any atom is 0.433 e. The lowest BCUT2D eigenvalue weighted by Crippen LogP contribution is -2.54. The van der Waals surface area contributed by atoms with Gasteiger partial charge in [-0.05, 0) is 42.3 Å². The van der Waals surface area contributed by atoms with E-state index in [0.717, 1.165) is 58.9 Å². The van der Waals surface area contributed by atoms with Crippen LogP contribution >= 0.6 is 0 Å². The summed E-state index contributed by atoms with van der Waals surface area (Å²) in [5.41, 5.74) is -4.90. The van der Waals surface area contributed by atoms with E-state index in [2.05, 4.69) is 19.9 Å². The van der Waals surface area contributed by atoms with Gasteiger partial charge in [-0.2, -0.15) is 39.5 Å². The summed E-state index contributed by atoms with van der Waals surface area (Å²) in [6.45, 7) is 1.82. The van der Waals surface area contributed by atoms with Gasteiger partial charge < -0.3 is 0 Å². The van der Waals surface area contributed by atoms with Crippen LogP contribution in [0.1, 0.15) is 22.5 Å². The highest BCUT2D eigenvalue weighted by Crippen LogP contribution is 2.56. The zero-order chi connectivity index (χ0) is 38.2. The molecular weight excluding hydrogens is 719 g/mol. The largest absolute Gasteiger partial charge is 0.433 e. The Morgan fingerprint density at radius 1 is 0.370 bits per heavy atom. The molecule has 0 aliphatic heterocycles. The third kappa shape index (κ3) is 5.65. The molecular formula is C41H23F9N4. The summed E-state index contributed by atoms with van der Waals surface area (Å²) >= 11 is 0. The molecule has 8 aromatic rings. The number of alkyl halides is 9. The van der Waals surface area contributed by atoms with Crippen LogP contribution in [0, 0.1) is 6.92 Å². The van der Waals surface area contributed by atoms with E-state index in [0.29, 0.717) is 33.1 Å². The SMILES string of the molecule is Cc1ccc2ccc3ccc(-c4ccc(C(c5ccc(-c6ccc7ccc8ccc(C(F)(F)F)nc8c7n6)cc5)(C(F)(F)F)C(F)(F)F)cc4)nc3c2n1. The zero-order valence-corrected chi connectivity index (χ0v) is 27.7. The molecule has 0 radical (unpaired) electrons. The fourth-order valence-electron chi connectivity index (χ4n) is 6.88. The van der Waals surface area contributed by atoms with E-state index in [4.69, 9.17) is 0 Å². The highest BCUT2D eigenvalue weighted by atomic mass is 19.4. The zero-order valence-electron chi connectivity index (χ0n) is 27.7. The Hall–Kier alpha value is -6.11. The molecule has 0 N–H and O–H groups in total. The molecule has 4 nitrogen and oxygen atoms in total. The van der Waals surface area contributed by atoms with Gasteiger partial charge in [-0.15, -0.1) is 0 Å². The predicted molar refractivity (Wildman–Crippen MR) is 188 cm³/mol. The van der Waals surface area contributed by atoms with Crippen molar-refractivity contribution in [2.24, 2.45) is 0 Å². The summed E-state index contributed by atoms with van der Waals surface area (Å²) in [4.78, 5) is 17.5. The van der Waals surface area contributed by atoms with Crippen molar-refractivity contribution in [3.8, 4) is 22.5 Å². The number of hydrogen-bond donors (Lipinski definition) is 0. The Balaban J connectivity index is 1.20. The van der Waals surface area contributed by atoms with E-state index >= 15 is 26.3 Å². The number of rotatable bonds is 4. The summed E-state index contributed by atoms with van der Waals surface area (Å²) in [7, 11) is 0.